The summed E-state index contributed by atoms with van der Waals surface area (Å²) < 4.78 is 6.75. The van der Waals surface area contributed by atoms with Crippen molar-refractivity contribution in [1.29, 1.82) is 0 Å². The molecule has 1 aliphatic heterocycles. The molecule has 0 saturated carbocycles. The summed E-state index contributed by atoms with van der Waals surface area (Å²) in [7, 11) is 1.58. The lowest BCUT2D eigenvalue weighted by molar-refractivity contribution is -0.384. The van der Waals surface area contributed by atoms with Crippen molar-refractivity contribution in [3.8, 4) is 11.4 Å². The molecule has 8 nitrogen and oxygen atoms in total. The van der Waals surface area contributed by atoms with E-state index in [2.05, 4.69) is 5.32 Å². The van der Waals surface area contributed by atoms with Crippen LogP contribution in [0.4, 0.5) is 5.69 Å². The van der Waals surface area contributed by atoms with Gasteiger partial charge < -0.3 is 10.1 Å². The van der Waals surface area contributed by atoms with E-state index in [9.17, 15) is 14.9 Å². The third kappa shape index (κ3) is 3.01. The molecule has 0 bridgehead atoms. The Morgan fingerprint density at radius 1 is 1.29 bits per heavy atom. The van der Waals surface area contributed by atoms with Gasteiger partial charge in [0.1, 0.15) is 11.6 Å². The average Bonchev–Trinajstić information content (AvgIpc) is 3.23. The maximum atomic E-state index is 13.4. The van der Waals surface area contributed by atoms with E-state index < -0.39 is 4.92 Å². The third-order valence-electron chi connectivity index (χ3n) is 5.09. The van der Waals surface area contributed by atoms with E-state index in [1.807, 2.05) is 0 Å². The maximum Gasteiger partial charge on any atom is 0.270 e. The molecule has 1 fully saturated rings. The average molecular weight is 380 g/mol. The highest BCUT2D eigenvalue weighted by Crippen LogP contribution is 2.28. The number of aromatic nitrogens is 2. The van der Waals surface area contributed by atoms with E-state index in [1.54, 1.807) is 42.9 Å². The number of nitro groups is 1. The smallest absolute Gasteiger partial charge is 0.270 e. The second kappa shape index (κ2) is 7.05. The van der Waals surface area contributed by atoms with E-state index in [4.69, 9.17) is 9.72 Å². The third-order valence-corrected chi connectivity index (χ3v) is 5.09. The summed E-state index contributed by atoms with van der Waals surface area (Å²) in [5.41, 5.74) is 1.34. The number of aryl methyl sites for hydroxylation is 1. The monoisotopic (exact) mass is 380 g/mol. The number of methoxy groups -OCH3 is 1. The minimum Gasteiger partial charge on any atom is -0.497 e. The summed E-state index contributed by atoms with van der Waals surface area (Å²) in [6.45, 7) is 2.60. The van der Waals surface area contributed by atoms with E-state index in [0.29, 0.717) is 28.3 Å². The molecule has 0 radical (unpaired) electrons. The lowest BCUT2D eigenvalue weighted by atomic mass is 10.1. The number of nitro benzene ring substituents is 1. The largest absolute Gasteiger partial charge is 0.497 e. The Bertz CT molecular complexity index is 1120. The number of nitrogens with one attached hydrogen (secondary N) is 1. The van der Waals surface area contributed by atoms with Crippen molar-refractivity contribution in [2.75, 3.05) is 13.7 Å². The standard InChI is InChI=1S/C20H20N4O4/c1-12-10-14(24(26)27)11-16-18(12)22-19(17-4-3-9-21-17)23(20(16)25)13-5-7-15(28-2)8-6-13/h5-8,10-11,17,21H,3-4,9H2,1-2H3/t17-/m1/s1. The molecule has 1 aliphatic rings. The molecule has 1 aromatic heterocycles. The Hall–Kier alpha value is -3.26. The van der Waals surface area contributed by atoms with Crippen LogP contribution in [0.3, 0.4) is 0 Å². The molecule has 28 heavy (non-hydrogen) atoms. The van der Waals surface area contributed by atoms with E-state index in [0.717, 1.165) is 19.4 Å². The van der Waals surface area contributed by atoms with Crippen LogP contribution < -0.4 is 15.6 Å². The molecule has 0 aliphatic carbocycles. The van der Waals surface area contributed by atoms with Crippen molar-refractivity contribution in [2.45, 2.75) is 25.8 Å². The van der Waals surface area contributed by atoms with Crippen LogP contribution in [-0.4, -0.2) is 28.1 Å². The van der Waals surface area contributed by atoms with Crippen LogP contribution >= 0.6 is 0 Å². The van der Waals surface area contributed by atoms with Crippen molar-refractivity contribution >= 4 is 16.6 Å². The zero-order valence-corrected chi connectivity index (χ0v) is 15.6. The van der Waals surface area contributed by atoms with Crippen molar-refractivity contribution in [1.82, 2.24) is 14.9 Å². The van der Waals surface area contributed by atoms with Gasteiger partial charge in [0.05, 0.1) is 34.7 Å². The molecule has 3 aromatic rings. The molecule has 1 atom stereocenters. The fraction of sp³-hybridized carbons (Fsp3) is 0.300. The summed E-state index contributed by atoms with van der Waals surface area (Å²) >= 11 is 0. The Morgan fingerprint density at radius 2 is 2.04 bits per heavy atom. The van der Waals surface area contributed by atoms with Crippen LogP contribution in [0.15, 0.2) is 41.2 Å². The first-order chi connectivity index (χ1) is 13.5. The van der Waals surface area contributed by atoms with E-state index in [1.165, 1.54) is 12.1 Å². The van der Waals surface area contributed by atoms with E-state index in [-0.39, 0.29) is 22.7 Å². The Kier molecular flexibility index (Phi) is 4.56. The topological polar surface area (TPSA) is 99.3 Å². The number of hydrogen-bond donors (Lipinski definition) is 1. The second-order valence-corrected chi connectivity index (χ2v) is 6.87. The van der Waals surface area contributed by atoms with Crippen LogP contribution in [-0.2, 0) is 0 Å². The number of rotatable bonds is 4. The van der Waals surface area contributed by atoms with Crippen LogP contribution in [0.25, 0.3) is 16.6 Å². The van der Waals surface area contributed by atoms with Gasteiger partial charge in [0.2, 0.25) is 0 Å². The van der Waals surface area contributed by atoms with Crippen molar-refractivity contribution in [3.63, 3.8) is 0 Å². The van der Waals surface area contributed by atoms with Gasteiger partial charge in [0.15, 0.2) is 0 Å². The van der Waals surface area contributed by atoms with Gasteiger partial charge in [-0.15, -0.1) is 0 Å². The van der Waals surface area contributed by atoms with E-state index >= 15 is 0 Å². The molecule has 2 aromatic carbocycles. The highest BCUT2D eigenvalue weighted by atomic mass is 16.6. The van der Waals surface area contributed by atoms with Crippen molar-refractivity contribution in [3.05, 3.63) is 68.3 Å². The van der Waals surface area contributed by atoms with Crippen LogP contribution in [0.5, 0.6) is 5.75 Å². The molecule has 0 amide bonds. The van der Waals surface area contributed by atoms with Gasteiger partial charge in [0, 0.05) is 12.1 Å². The molecule has 4 rings (SSSR count). The SMILES string of the molecule is COc1ccc(-n2c([C@H]3CCCN3)nc3c(C)cc([N+](=O)[O-])cc3c2=O)cc1. The Labute approximate surface area is 160 Å². The number of hydrogen-bond acceptors (Lipinski definition) is 6. The number of ether oxygens (including phenoxy) is 1. The van der Waals surface area contributed by atoms with Gasteiger partial charge >= 0.3 is 0 Å². The van der Waals surface area contributed by atoms with Crippen LogP contribution in [0.1, 0.15) is 30.3 Å². The van der Waals surface area contributed by atoms with Crippen LogP contribution in [0.2, 0.25) is 0 Å². The predicted octanol–water partition coefficient (Wildman–Crippen LogP) is 3.04. The zero-order valence-electron chi connectivity index (χ0n) is 15.6. The minimum absolute atomic E-state index is 0.0474. The Balaban J connectivity index is 2.03. The molecule has 1 N–H and O–H groups in total. The quantitative estimate of drug-likeness (QED) is 0.552. The predicted molar refractivity (Wildman–Crippen MR) is 105 cm³/mol. The molecule has 8 heteroatoms. The fourth-order valence-corrected chi connectivity index (χ4v) is 3.69. The summed E-state index contributed by atoms with van der Waals surface area (Å²) in [5, 5.41) is 14.9. The zero-order chi connectivity index (χ0) is 19.8. The minimum atomic E-state index is -0.490. The molecule has 2 heterocycles. The highest BCUT2D eigenvalue weighted by molar-refractivity contribution is 5.84. The summed E-state index contributed by atoms with van der Waals surface area (Å²) in [4.78, 5) is 29.0. The summed E-state index contributed by atoms with van der Waals surface area (Å²) in [5.74, 6) is 1.30. The first kappa shape index (κ1) is 18.1. The Morgan fingerprint density at radius 3 is 2.64 bits per heavy atom. The molecule has 0 unspecified atom stereocenters. The van der Waals surface area contributed by atoms with Gasteiger partial charge in [-0.3, -0.25) is 19.5 Å². The van der Waals surface area contributed by atoms with Gasteiger partial charge in [-0.1, -0.05) is 0 Å². The van der Waals surface area contributed by atoms with Gasteiger partial charge in [-0.2, -0.15) is 0 Å². The van der Waals surface area contributed by atoms with Crippen molar-refractivity contribution < 1.29 is 9.66 Å². The van der Waals surface area contributed by atoms with Gasteiger partial charge in [-0.25, -0.2) is 4.98 Å². The molecular weight excluding hydrogens is 360 g/mol. The number of benzene rings is 2. The summed E-state index contributed by atoms with van der Waals surface area (Å²) in [6, 6.07) is 9.84. The van der Waals surface area contributed by atoms with Crippen LogP contribution in [0, 0.1) is 17.0 Å². The fourth-order valence-electron chi connectivity index (χ4n) is 3.69. The summed E-state index contributed by atoms with van der Waals surface area (Å²) in [6.07, 6.45) is 1.88. The number of non-ortho nitro benzene ring substituents is 1. The van der Waals surface area contributed by atoms with Crippen molar-refractivity contribution in [2.24, 2.45) is 0 Å². The highest BCUT2D eigenvalue weighted by Gasteiger charge is 2.25. The molecule has 0 spiro atoms. The molecular formula is C20H20N4O4. The van der Waals surface area contributed by atoms with Gasteiger partial charge in [0.25, 0.3) is 11.2 Å². The lowest BCUT2D eigenvalue weighted by Crippen LogP contribution is -2.29. The maximum absolute atomic E-state index is 13.4. The number of fused-ring (bicyclic) bond motifs is 1. The normalized spacial score (nSPS) is 16.4. The molecule has 1 saturated heterocycles. The lowest BCUT2D eigenvalue weighted by Gasteiger charge is -2.19. The van der Waals surface area contributed by atoms with Gasteiger partial charge in [-0.05, 0) is 56.1 Å². The molecule has 144 valence electrons. The first-order valence-electron chi connectivity index (χ1n) is 9.09. The first-order valence-corrected chi connectivity index (χ1v) is 9.09. The second-order valence-electron chi connectivity index (χ2n) is 6.87. The number of nitrogens with zero attached hydrogens (tertiary/aromatic N) is 3.